The van der Waals surface area contributed by atoms with Crippen molar-refractivity contribution in [2.45, 2.75) is 24.3 Å². The minimum Gasteiger partial charge on any atom is -0.497 e. The third kappa shape index (κ3) is 8.14. The van der Waals surface area contributed by atoms with Crippen LogP contribution in [0.25, 0.3) is 5.69 Å². The molecule has 232 valence electrons. The highest BCUT2D eigenvalue weighted by atomic mass is 35.5. The molecule has 2 amide bonds. The van der Waals surface area contributed by atoms with E-state index in [0.29, 0.717) is 28.8 Å². The average Bonchev–Trinajstić information content (AvgIpc) is 3.42. The zero-order valence-corrected chi connectivity index (χ0v) is 25.3. The zero-order chi connectivity index (χ0) is 31.9. The van der Waals surface area contributed by atoms with Crippen LogP contribution in [-0.2, 0) is 28.7 Å². The number of anilines is 1. The Bertz CT molecular complexity index is 1630. The predicted molar refractivity (Wildman–Crippen MR) is 159 cm³/mol. The van der Waals surface area contributed by atoms with Gasteiger partial charge in [-0.3, -0.25) is 14.2 Å². The number of hydrogen-bond acceptors (Lipinski definition) is 8. The molecule has 0 aliphatic rings. The standard InChI is InChI=1S/C29H27ClF3N5O5S/c1-41-19-7-4-17(5-8-19)12-26(39)34-15-25-36-37-28(38(25)23-14-20(42-2)9-11-24(23)43-3)44-16-27(40)35-22-13-18(29(31,32)33)6-10-21(22)30/h4-11,13-14H,12,15-16H2,1-3H3,(H,34,39)(H,35,40). The maximum Gasteiger partial charge on any atom is 0.416 e. The van der Waals surface area contributed by atoms with E-state index in [1.165, 1.54) is 14.2 Å². The second-order valence-corrected chi connectivity index (χ2v) is 10.5. The number of rotatable bonds is 12. The molecule has 1 aromatic heterocycles. The highest BCUT2D eigenvalue weighted by molar-refractivity contribution is 7.99. The molecule has 1 heterocycles. The normalized spacial score (nSPS) is 11.2. The summed E-state index contributed by atoms with van der Waals surface area (Å²) in [6.07, 6.45) is -4.49. The number of benzene rings is 3. The van der Waals surface area contributed by atoms with Gasteiger partial charge in [-0.1, -0.05) is 35.5 Å². The molecular weight excluding hydrogens is 623 g/mol. The Labute approximate surface area is 259 Å². The lowest BCUT2D eigenvalue weighted by atomic mass is 10.1. The second-order valence-electron chi connectivity index (χ2n) is 9.10. The third-order valence-corrected chi connectivity index (χ3v) is 7.45. The van der Waals surface area contributed by atoms with E-state index < -0.39 is 17.6 Å². The molecule has 4 rings (SSSR count). The monoisotopic (exact) mass is 649 g/mol. The minimum absolute atomic E-state index is 0.0189. The van der Waals surface area contributed by atoms with E-state index in [1.807, 2.05) is 0 Å². The molecule has 44 heavy (non-hydrogen) atoms. The summed E-state index contributed by atoms with van der Waals surface area (Å²) in [6.45, 7) is -0.0189. The van der Waals surface area contributed by atoms with Gasteiger partial charge in [0.1, 0.15) is 17.2 Å². The van der Waals surface area contributed by atoms with Crippen molar-refractivity contribution in [3.8, 4) is 22.9 Å². The molecule has 0 saturated carbocycles. The molecule has 15 heteroatoms. The van der Waals surface area contributed by atoms with Gasteiger partial charge in [0, 0.05) is 6.07 Å². The zero-order valence-electron chi connectivity index (χ0n) is 23.7. The van der Waals surface area contributed by atoms with E-state index in [2.05, 4.69) is 20.8 Å². The van der Waals surface area contributed by atoms with Crippen LogP contribution in [0.1, 0.15) is 17.0 Å². The fourth-order valence-corrected chi connectivity index (χ4v) is 4.93. The fourth-order valence-electron chi connectivity index (χ4n) is 4.00. The van der Waals surface area contributed by atoms with E-state index in [-0.39, 0.29) is 40.5 Å². The maximum absolute atomic E-state index is 13.2. The Kier molecular flexibility index (Phi) is 10.6. The summed E-state index contributed by atoms with van der Waals surface area (Å²) in [6, 6.07) is 14.8. The molecule has 0 spiro atoms. The molecule has 3 aromatic carbocycles. The van der Waals surface area contributed by atoms with Crippen molar-refractivity contribution in [3.05, 3.63) is 82.6 Å². The summed E-state index contributed by atoms with van der Waals surface area (Å²) in [5.74, 6) is 0.775. The summed E-state index contributed by atoms with van der Waals surface area (Å²) in [4.78, 5) is 25.5. The van der Waals surface area contributed by atoms with Gasteiger partial charge in [-0.2, -0.15) is 13.2 Å². The first kappa shape index (κ1) is 32.5. The van der Waals surface area contributed by atoms with E-state index in [4.69, 9.17) is 25.8 Å². The van der Waals surface area contributed by atoms with Gasteiger partial charge in [-0.15, -0.1) is 10.2 Å². The largest absolute Gasteiger partial charge is 0.497 e. The Morgan fingerprint density at radius 3 is 2.27 bits per heavy atom. The van der Waals surface area contributed by atoms with Gasteiger partial charge in [-0.25, -0.2) is 0 Å². The predicted octanol–water partition coefficient (Wildman–Crippen LogP) is 5.56. The number of alkyl halides is 3. The molecule has 2 N–H and O–H groups in total. The number of carbonyl (C=O) groups is 2. The van der Waals surface area contributed by atoms with Gasteiger partial charge in [0.2, 0.25) is 11.8 Å². The van der Waals surface area contributed by atoms with Crippen LogP contribution in [0.15, 0.2) is 65.8 Å². The van der Waals surface area contributed by atoms with Crippen molar-refractivity contribution < 1.29 is 37.0 Å². The summed E-state index contributed by atoms with van der Waals surface area (Å²) in [5.41, 5.74) is 0.124. The highest BCUT2D eigenvalue weighted by Crippen LogP contribution is 2.35. The Morgan fingerprint density at radius 2 is 1.61 bits per heavy atom. The number of methoxy groups -OCH3 is 3. The molecule has 0 bridgehead atoms. The number of nitrogens with zero attached hydrogens (tertiary/aromatic N) is 3. The third-order valence-electron chi connectivity index (χ3n) is 6.19. The van der Waals surface area contributed by atoms with Crippen molar-refractivity contribution in [1.82, 2.24) is 20.1 Å². The number of carbonyl (C=O) groups excluding carboxylic acids is 2. The fraction of sp³-hybridized carbons (Fsp3) is 0.241. The van der Waals surface area contributed by atoms with Crippen LogP contribution in [0.3, 0.4) is 0 Å². The summed E-state index contributed by atoms with van der Waals surface area (Å²) >= 11 is 6.99. The number of amides is 2. The van der Waals surface area contributed by atoms with E-state index in [0.717, 1.165) is 35.5 Å². The van der Waals surface area contributed by atoms with Gasteiger partial charge < -0.3 is 24.8 Å². The van der Waals surface area contributed by atoms with E-state index in [9.17, 15) is 22.8 Å². The van der Waals surface area contributed by atoms with Crippen LogP contribution in [-0.4, -0.2) is 53.7 Å². The quantitative estimate of drug-likeness (QED) is 0.192. The van der Waals surface area contributed by atoms with Crippen molar-refractivity contribution in [2.75, 3.05) is 32.4 Å². The molecule has 0 saturated heterocycles. The van der Waals surface area contributed by atoms with Crippen molar-refractivity contribution in [3.63, 3.8) is 0 Å². The van der Waals surface area contributed by atoms with Gasteiger partial charge >= 0.3 is 6.18 Å². The van der Waals surface area contributed by atoms with Crippen LogP contribution in [0.5, 0.6) is 17.2 Å². The lowest BCUT2D eigenvalue weighted by Gasteiger charge is -2.15. The van der Waals surface area contributed by atoms with Gasteiger partial charge in [-0.05, 0) is 48.0 Å². The van der Waals surface area contributed by atoms with E-state index in [1.54, 1.807) is 54.1 Å². The number of thioether (sulfide) groups is 1. The van der Waals surface area contributed by atoms with Gasteiger partial charge in [0.05, 0.1) is 62.0 Å². The first-order chi connectivity index (χ1) is 21.0. The van der Waals surface area contributed by atoms with E-state index >= 15 is 0 Å². The van der Waals surface area contributed by atoms with Crippen LogP contribution in [0.4, 0.5) is 18.9 Å². The topological polar surface area (TPSA) is 117 Å². The summed E-state index contributed by atoms with van der Waals surface area (Å²) < 4.78 is 57.1. The molecule has 4 aromatic rings. The SMILES string of the molecule is COc1ccc(CC(=O)NCc2nnc(SCC(=O)Nc3cc(C(F)(F)F)ccc3Cl)n2-c2cc(OC)ccc2OC)cc1. The number of aromatic nitrogens is 3. The number of nitrogens with one attached hydrogen (secondary N) is 2. The molecule has 0 atom stereocenters. The lowest BCUT2D eigenvalue weighted by molar-refractivity contribution is -0.137. The second kappa shape index (κ2) is 14.4. The van der Waals surface area contributed by atoms with Crippen molar-refractivity contribution in [1.29, 1.82) is 0 Å². The Morgan fingerprint density at radius 1 is 0.909 bits per heavy atom. The molecule has 0 aliphatic carbocycles. The highest BCUT2D eigenvalue weighted by Gasteiger charge is 2.31. The Hall–Kier alpha value is -4.43. The maximum atomic E-state index is 13.2. The average molecular weight is 650 g/mol. The Balaban J connectivity index is 1.55. The van der Waals surface area contributed by atoms with Crippen LogP contribution in [0, 0.1) is 0 Å². The molecule has 0 aliphatic heterocycles. The van der Waals surface area contributed by atoms with Crippen molar-refractivity contribution in [2.24, 2.45) is 0 Å². The molecule has 10 nitrogen and oxygen atoms in total. The van der Waals surface area contributed by atoms with Gasteiger partial charge in [0.15, 0.2) is 11.0 Å². The summed E-state index contributed by atoms with van der Waals surface area (Å²) in [7, 11) is 4.53. The molecule has 0 radical (unpaired) electrons. The number of ether oxygens (including phenoxy) is 3. The molecule has 0 fully saturated rings. The smallest absolute Gasteiger partial charge is 0.416 e. The first-order valence-electron chi connectivity index (χ1n) is 12.9. The summed E-state index contributed by atoms with van der Waals surface area (Å²) in [5, 5.41) is 13.9. The first-order valence-corrected chi connectivity index (χ1v) is 14.2. The number of hydrogen-bond donors (Lipinski definition) is 2. The van der Waals surface area contributed by atoms with Crippen LogP contribution < -0.4 is 24.8 Å². The number of halogens is 4. The molecule has 0 unspecified atom stereocenters. The van der Waals surface area contributed by atoms with Crippen LogP contribution in [0.2, 0.25) is 5.02 Å². The lowest BCUT2D eigenvalue weighted by Crippen LogP contribution is -2.26. The molecular formula is C29H27ClF3N5O5S. The van der Waals surface area contributed by atoms with Gasteiger partial charge in [0.25, 0.3) is 0 Å². The minimum atomic E-state index is -4.61. The van der Waals surface area contributed by atoms with Crippen molar-refractivity contribution >= 4 is 40.9 Å². The van der Waals surface area contributed by atoms with Crippen LogP contribution >= 0.6 is 23.4 Å².